The highest BCUT2D eigenvalue weighted by Gasteiger charge is 2.15. The summed E-state index contributed by atoms with van der Waals surface area (Å²) in [7, 11) is -3.74. The highest BCUT2D eigenvalue weighted by Crippen LogP contribution is 2.15. The van der Waals surface area contributed by atoms with E-state index in [9.17, 15) is 13.2 Å². The molecule has 0 unspecified atom stereocenters. The van der Waals surface area contributed by atoms with Gasteiger partial charge in [0.2, 0.25) is 0 Å². The molecule has 0 aliphatic heterocycles. The molecule has 1 aliphatic rings. The monoisotopic (exact) mass is 275 g/mol. The average Bonchev–Trinajstić information content (AvgIpc) is 2.34. The van der Waals surface area contributed by atoms with E-state index in [0.29, 0.717) is 5.57 Å². The Bertz CT molecular complexity index is 708. The molecule has 5 heteroatoms. The van der Waals surface area contributed by atoms with Crippen LogP contribution in [0.1, 0.15) is 12.5 Å². The molecule has 1 aromatic rings. The third-order valence-electron chi connectivity index (χ3n) is 2.70. The maximum atomic E-state index is 12.1. The Hall–Kier alpha value is -2.01. The molecule has 19 heavy (non-hydrogen) atoms. The molecule has 0 radical (unpaired) electrons. The highest BCUT2D eigenvalue weighted by atomic mass is 32.2. The van der Waals surface area contributed by atoms with Crippen molar-refractivity contribution in [2.24, 2.45) is 4.40 Å². The second kappa shape index (κ2) is 4.93. The summed E-state index contributed by atoms with van der Waals surface area (Å²) in [6.45, 7) is 3.50. The minimum Gasteiger partial charge on any atom is -0.290 e. The largest absolute Gasteiger partial charge is 0.290 e. The lowest BCUT2D eigenvalue weighted by Gasteiger charge is -2.04. The number of carbonyl (C=O) groups is 1. The minimum atomic E-state index is -3.74. The summed E-state index contributed by atoms with van der Waals surface area (Å²) in [5.41, 5.74) is 1.71. The van der Waals surface area contributed by atoms with E-state index in [1.807, 2.05) is 6.92 Å². The van der Waals surface area contributed by atoms with Crippen LogP contribution in [-0.2, 0) is 14.8 Å². The van der Waals surface area contributed by atoms with Gasteiger partial charge in [0.15, 0.2) is 5.78 Å². The summed E-state index contributed by atoms with van der Waals surface area (Å²) < 4.78 is 27.9. The van der Waals surface area contributed by atoms with Gasteiger partial charge >= 0.3 is 0 Å². The fraction of sp³-hybridized carbons (Fsp3) is 0.143. The SMILES string of the molecule is CC1=C/C(=N\S(=O)(=O)c2ccc(C)cc2)C=CC1=O. The Morgan fingerprint density at radius 1 is 1.00 bits per heavy atom. The zero-order valence-electron chi connectivity index (χ0n) is 10.6. The lowest BCUT2D eigenvalue weighted by Crippen LogP contribution is -2.08. The molecule has 0 atom stereocenters. The van der Waals surface area contributed by atoms with Crippen LogP contribution < -0.4 is 0 Å². The number of allylic oxidation sites excluding steroid dienone is 4. The van der Waals surface area contributed by atoms with Crippen LogP contribution >= 0.6 is 0 Å². The molecule has 0 spiro atoms. The fourth-order valence-electron chi connectivity index (χ4n) is 1.59. The standard InChI is InChI=1S/C14H13NO3S/c1-10-3-6-13(7-4-10)19(17,18)15-12-5-8-14(16)11(2)9-12/h3-9H,1-2H3/b15-12-. The van der Waals surface area contributed by atoms with Gasteiger partial charge in [-0.25, -0.2) is 0 Å². The van der Waals surface area contributed by atoms with E-state index in [1.165, 1.54) is 30.4 Å². The van der Waals surface area contributed by atoms with E-state index in [4.69, 9.17) is 0 Å². The van der Waals surface area contributed by atoms with Crippen molar-refractivity contribution in [3.05, 3.63) is 53.6 Å². The summed E-state index contributed by atoms with van der Waals surface area (Å²) in [5.74, 6) is -0.133. The number of sulfonamides is 1. The van der Waals surface area contributed by atoms with Crippen LogP contribution in [0.3, 0.4) is 0 Å². The summed E-state index contributed by atoms with van der Waals surface area (Å²) >= 11 is 0. The van der Waals surface area contributed by atoms with E-state index in [0.717, 1.165) is 5.56 Å². The molecule has 0 saturated carbocycles. The Labute approximate surface area is 112 Å². The molecule has 0 fully saturated rings. The first kappa shape index (κ1) is 13.4. The molecular weight excluding hydrogens is 262 g/mol. The van der Waals surface area contributed by atoms with Crippen LogP contribution in [0.5, 0.6) is 0 Å². The van der Waals surface area contributed by atoms with Crippen LogP contribution in [0.25, 0.3) is 0 Å². The van der Waals surface area contributed by atoms with Crippen LogP contribution in [0.2, 0.25) is 0 Å². The van der Waals surface area contributed by atoms with Crippen molar-refractivity contribution >= 4 is 21.5 Å². The number of hydrogen-bond acceptors (Lipinski definition) is 3. The van der Waals surface area contributed by atoms with E-state index in [-0.39, 0.29) is 16.4 Å². The predicted molar refractivity (Wildman–Crippen MR) is 73.7 cm³/mol. The van der Waals surface area contributed by atoms with Crippen LogP contribution in [0.15, 0.2) is 57.4 Å². The van der Waals surface area contributed by atoms with Crippen molar-refractivity contribution in [3.8, 4) is 0 Å². The Kier molecular flexibility index (Phi) is 3.48. The molecule has 0 N–H and O–H groups in total. The van der Waals surface area contributed by atoms with Crippen molar-refractivity contribution in [1.29, 1.82) is 0 Å². The number of ketones is 1. The van der Waals surface area contributed by atoms with Gasteiger partial charge in [0.1, 0.15) is 0 Å². The van der Waals surface area contributed by atoms with Gasteiger partial charge in [0, 0.05) is 0 Å². The number of aryl methyl sites for hydroxylation is 1. The van der Waals surface area contributed by atoms with Crippen molar-refractivity contribution in [1.82, 2.24) is 0 Å². The number of hydrogen-bond donors (Lipinski definition) is 0. The van der Waals surface area contributed by atoms with Crippen molar-refractivity contribution in [2.45, 2.75) is 18.7 Å². The Morgan fingerprint density at radius 2 is 1.63 bits per heavy atom. The van der Waals surface area contributed by atoms with Gasteiger partial charge in [0.05, 0.1) is 10.6 Å². The molecule has 0 aromatic heterocycles. The van der Waals surface area contributed by atoms with Gasteiger partial charge in [-0.2, -0.15) is 12.8 Å². The maximum Gasteiger partial charge on any atom is 0.282 e. The molecule has 1 aromatic carbocycles. The molecule has 98 valence electrons. The minimum absolute atomic E-state index is 0.133. The van der Waals surface area contributed by atoms with Crippen molar-refractivity contribution in [2.75, 3.05) is 0 Å². The van der Waals surface area contributed by atoms with Gasteiger partial charge in [-0.05, 0) is 49.8 Å². The quantitative estimate of drug-likeness (QED) is 0.777. The lowest BCUT2D eigenvalue weighted by atomic mass is 10.1. The van der Waals surface area contributed by atoms with E-state index < -0.39 is 10.0 Å². The number of nitrogens with zero attached hydrogens (tertiary/aromatic N) is 1. The highest BCUT2D eigenvalue weighted by molar-refractivity contribution is 7.90. The summed E-state index contributed by atoms with van der Waals surface area (Å²) in [5, 5.41) is 0. The van der Waals surface area contributed by atoms with Gasteiger partial charge in [0.25, 0.3) is 10.0 Å². The molecule has 4 nitrogen and oxygen atoms in total. The lowest BCUT2D eigenvalue weighted by molar-refractivity contribution is -0.111. The Morgan fingerprint density at radius 3 is 2.21 bits per heavy atom. The number of carbonyl (C=O) groups excluding carboxylic acids is 1. The van der Waals surface area contributed by atoms with Gasteiger partial charge in [-0.15, -0.1) is 0 Å². The molecule has 0 heterocycles. The smallest absolute Gasteiger partial charge is 0.282 e. The molecule has 0 bridgehead atoms. The first-order valence-corrected chi connectivity index (χ1v) is 7.15. The second-order valence-corrected chi connectivity index (χ2v) is 5.93. The molecule has 2 rings (SSSR count). The molecular formula is C14H13NO3S. The zero-order valence-corrected chi connectivity index (χ0v) is 11.4. The van der Waals surface area contributed by atoms with Gasteiger partial charge in [-0.3, -0.25) is 4.79 Å². The van der Waals surface area contributed by atoms with Crippen LogP contribution in [0.4, 0.5) is 0 Å². The van der Waals surface area contributed by atoms with E-state index in [2.05, 4.69) is 4.40 Å². The third kappa shape index (κ3) is 3.06. The molecule has 1 aliphatic carbocycles. The van der Waals surface area contributed by atoms with Gasteiger partial charge < -0.3 is 0 Å². The summed E-state index contributed by atoms with van der Waals surface area (Å²) in [4.78, 5) is 11.4. The first-order chi connectivity index (χ1) is 8.88. The number of rotatable bonds is 2. The molecule has 0 saturated heterocycles. The van der Waals surface area contributed by atoms with Gasteiger partial charge in [-0.1, -0.05) is 17.7 Å². The van der Waals surface area contributed by atoms with Crippen LogP contribution in [-0.4, -0.2) is 19.9 Å². The number of benzene rings is 1. The fourth-order valence-corrected chi connectivity index (χ4v) is 2.57. The van der Waals surface area contributed by atoms with Crippen molar-refractivity contribution < 1.29 is 13.2 Å². The average molecular weight is 275 g/mol. The zero-order chi connectivity index (χ0) is 14.0. The Balaban J connectivity index is 2.40. The van der Waals surface area contributed by atoms with E-state index >= 15 is 0 Å². The third-order valence-corrected chi connectivity index (χ3v) is 4.02. The second-order valence-electron chi connectivity index (χ2n) is 4.33. The molecule has 0 amide bonds. The summed E-state index contributed by atoms with van der Waals surface area (Å²) in [6.07, 6.45) is 4.19. The predicted octanol–water partition coefficient (Wildman–Crippen LogP) is 2.21. The normalized spacial score (nSPS) is 17.7. The van der Waals surface area contributed by atoms with E-state index in [1.54, 1.807) is 19.1 Å². The van der Waals surface area contributed by atoms with Crippen molar-refractivity contribution in [3.63, 3.8) is 0 Å². The summed E-state index contributed by atoms with van der Waals surface area (Å²) in [6, 6.07) is 6.47. The topological polar surface area (TPSA) is 63.6 Å². The first-order valence-electron chi connectivity index (χ1n) is 5.71. The maximum absolute atomic E-state index is 12.1. The van der Waals surface area contributed by atoms with Crippen LogP contribution in [0, 0.1) is 6.92 Å².